The van der Waals surface area contributed by atoms with E-state index in [4.69, 9.17) is 5.11 Å². The lowest BCUT2D eigenvalue weighted by Crippen LogP contribution is -2.46. The molecule has 1 atom stereocenters. The average molecular weight is 346 g/mol. The van der Waals surface area contributed by atoms with Gasteiger partial charge in [0, 0.05) is 37.6 Å². The molecule has 7 nitrogen and oxygen atoms in total. The zero-order valence-electron chi connectivity index (χ0n) is 13.6. The molecule has 2 amide bonds. The first kappa shape index (κ1) is 16.9. The zero-order valence-corrected chi connectivity index (χ0v) is 13.6. The van der Waals surface area contributed by atoms with Gasteiger partial charge in [-0.25, -0.2) is 13.9 Å². The van der Waals surface area contributed by atoms with Crippen LogP contribution in [0.25, 0.3) is 5.69 Å². The topological polar surface area (TPSA) is 87.5 Å². The van der Waals surface area contributed by atoms with Gasteiger partial charge in [-0.05, 0) is 31.0 Å². The summed E-state index contributed by atoms with van der Waals surface area (Å²) in [6, 6.07) is 5.97. The Bertz CT molecular complexity index is 763. The predicted molar refractivity (Wildman–Crippen MR) is 87.7 cm³/mol. The SMILES string of the molecule is O=C(O)C1CCCN(C(=O)NCc2c(F)cccc2-n2cccn2)C1. The van der Waals surface area contributed by atoms with Gasteiger partial charge in [0.25, 0.3) is 0 Å². The first-order chi connectivity index (χ1) is 12.1. The monoisotopic (exact) mass is 346 g/mol. The van der Waals surface area contributed by atoms with Gasteiger partial charge in [0.15, 0.2) is 0 Å². The molecule has 1 aromatic carbocycles. The van der Waals surface area contributed by atoms with Crippen molar-refractivity contribution in [1.29, 1.82) is 0 Å². The van der Waals surface area contributed by atoms with Crippen LogP contribution in [0.1, 0.15) is 18.4 Å². The lowest BCUT2D eigenvalue weighted by atomic mass is 9.99. The maximum atomic E-state index is 14.2. The molecule has 0 bridgehead atoms. The smallest absolute Gasteiger partial charge is 0.317 e. The first-order valence-electron chi connectivity index (χ1n) is 8.09. The van der Waals surface area contributed by atoms with Crippen LogP contribution in [0.2, 0.25) is 0 Å². The molecular weight excluding hydrogens is 327 g/mol. The highest BCUT2D eigenvalue weighted by Crippen LogP contribution is 2.19. The summed E-state index contributed by atoms with van der Waals surface area (Å²) >= 11 is 0. The number of carbonyl (C=O) groups excluding carboxylic acids is 1. The minimum absolute atomic E-state index is 0.00502. The highest BCUT2D eigenvalue weighted by Gasteiger charge is 2.28. The van der Waals surface area contributed by atoms with Gasteiger partial charge in [-0.3, -0.25) is 4.79 Å². The third-order valence-electron chi connectivity index (χ3n) is 4.32. The molecule has 1 aromatic heterocycles. The van der Waals surface area contributed by atoms with Crippen LogP contribution in [-0.4, -0.2) is 44.9 Å². The van der Waals surface area contributed by atoms with Crippen LogP contribution in [0.15, 0.2) is 36.7 Å². The number of hydrogen-bond donors (Lipinski definition) is 2. The Labute approximate surface area is 144 Å². The zero-order chi connectivity index (χ0) is 17.8. The minimum atomic E-state index is -0.896. The standard InChI is InChI=1S/C17H19FN4O3/c18-14-5-1-6-15(22-9-3-7-20-22)13(14)10-19-17(25)21-8-2-4-12(11-21)16(23)24/h1,3,5-7,9,12H,2,4,8,10-11H2,(H,19,25)(H,23,24). The van der Waals surface area contributed by atoms with Crippen LogP contribution in [0.3, 0.4) is 0 Å². The summed E-state index contributed by atoms with van der Waals surface area (Å²) in [6.45, 7) is 0.665. The van der Waals surface area contributed by atoms with Gasteiger partial charge < -0.3 is 15.3 Å². The molecule has 8 heteroatoms. The molecule has 1 aliphatic rings. The van der Waals surface area contributed by atoms with Gasteiger partial charge in [0.1, 0.15) is 5.82 Å². The fourth-order valence-corrected chi connectivity index (χ4v) is 2.99. The van der Waals surface area contributed by atoms with Crippen LogP contribution in [0.4, 0.5) is 9.18 Å². The molecule has 0 aliphatic carbocycles. The maximum Gasteiger partial charge on any atom is 0.317 e. The highest BCUT2D eigenvalue weighted by atomic mass is 19.1. The number of amides is 2. The second-order valence-corrected chi connectivity index (χ2v) is 5.97. The van der Waals surface area contributed by atoms with Crippen molar-refractivity contribution < 1.29 is 19.1 Å². The lowest BCUT2D eigenvalue weighted by Gasteiger charge is -2.30. The Morgan fingerprint density at radius 1 is 1.36 bits per heavy atom. The third-order valence-corrected chi connectivity index (χ3v) is 4.32. The van der Waals surface area contributed by atoms with E-state index >= 15 is 0 Å². The van der Waals surface area contributed by atoms with E-state index in [2.05, 4.69) is 10.4 Å². The van der Waals surface area contributed by atoms with Crippen LogP contribution in [-0.2, 0) is 11.3 Å². The molecule has 2 N–H and O–H groups in total. The number of hydrogen-bond acceptors (Lipinski definition) is 3. The number of nitrogens with one attached hydrogen (secondary N) is 1. The third kappa shape index (κ3) is 3.78. The lowest BCUT2D eigenvalue weighted by molar-refractivity contribution is -0.143. The van der Waals surface area contributed by atoms with Crippen molar-refractivity contribution in [2.45, 2.75) is 19.4 Å². The van der Waals surface area contributed by atoms with Crippen molar-refractivity contribution in [2.75, 3.05) is 13.1 Å². The van der Waals surface area contributed by atoms with Crippen molar-refractivity contribution in [3.05, 3.63) is 48.0 Å². The number of carboxylic acid groups (broad SMARTS) is 1. The molecule has 1 saturated heterocycles. The predicted octanol–water partition coefficient (Wildman–Crippen LogP) is 2.02. The Kier molecular flexibility index (Phi) is 4.97. The maximum absolute atomic E-state index is 14.2. The number of aromatic nitrogens is 2. The molecule has 2 heterocycles. The Morgan fingerprint density at radius 2 is 2.20 bits per heavy atom. The number of halogens is 1. The van der Waals surface area contributed by atoms with Crippen molar-refractivity contribution in [3.8, 4) is 5.69 Å². The molecular formula is C17H19FN4O3. The van der Waals surface area contributed by atoms with E-state index in [1.165, 1.54) is 15.6 Å². The quantitative estimate of drug-likeness (QED) is 0.887. The van der Waals surface area contributed by atoms with E-state index in [0.29, 0.717) is 30.6 Å². The molecule has 25 heavy (non-hydrogen) atoms. The number of carbonyl (C=O) groups is 2. The number of rotatable bonds is 4. The Balaban J connectivity index is 1.69. The van der Waals surface area contributed by atoms with Gasteiger partial charge in [-0.1, -0.05) is 6.07 Å². The summed E-state index contributed by atoms with van der Waals surface area (Å²) in [5, 5.41) is 15.9. The summed E-state index contributed by atoms with van der Waals surface area (Å²) in [4.78, 5) is 24.9. The van der Waals surface area contributed by atoms with Crippen LogP contribution >= 0.6 is 0 Å². The Hall–Kier alpha value is -2.90. The van der Waals surface area contributed by atoms with Crippen molar-refractivity contribution in [1.82, 2.24) is 20.0 Å². The van der Waals surface area contributed by atoms with E-state index in [9.17, 15) is 14.0 Å². The van der Waals surface area contributed by atoms with Gasteiger partial charge in [0.05, 0.1) is 11.6 Å². The van der Waals surface area contributed by atoms with Crippen LogP contribution in [0, 0.1) is 11.7 Å². The first-order valence-corrected chi connectivity index (χ1v) is 8.09. The molecule has 132 valence electrons. The molecule has 1 unspecified atom stereocenters. The van der Waals surface area contributed by atoms with Gasteiger partial charge in [-0.15, -0.1) is 0 Å². The fraction of sp³-hybridized carbons (Fsp3) is 0.353. The number of piperidine rings is 1. The van der Waals surface area contributed by atoms with Gasteiger partial charge >= 0.3 is 12.0 Å². The molecule has 1 fully saturated rings. The second kappa shape index (κ2) is 7.33. The number of likely N-dealkylation sites (tertiary alicyclic amines) is 1. The van der Waals surface area contributed by atoms with E-state index in [1.807, 2.05) is 0 Å². The molecule has 0 saturated carbocycles. The summed E-state index contributed by atoms with van der Waals surface area (Å²) < 4.78 is 15.8. The number of urea groups is 1. The summed E-state index contributed by atoms with van der Waals surface area (Å²) in [5.74, 6) is -1.88. The van der Waals surface area contributed by atoms with Crippen LogP contribution in [0.5, 0.6) is 0 Å². The Morgan fingerprint density at radius 3 is 2.92 bits per heavy atom. The molecule has 0 radical (unpaired) electrons. The van der Waals surface area contributed by atoms with Crippen LogP contribution < -0.4 is 5.32 Å². The second-order valence-electron chi connectivity index (χ2n) is 5.97. The van der Waals surface area contributed by atoms with E-state index in [-0.39, 0.29) is 19.1 Å². The van der Waals surface area contributed by atoms with E-state index in [0.717, 1.165) is 0 Å². The fourth-order valence-electron chi connectivity index (χ4n) is 2.99. The number of benzene rings is 1. The van der Waals surface area contributed by atoms with Crippen molar-refractivity contribution >= 4 is 12.0 Å². The van der Waals surface area contributed by atoms with Gasteiger partial charge in [-0.2, -0.15) is 5.10 Å². The normalized spacial score (nSPS) is 17.3. The summed E-state index contributed by atoms with van der Waals surface area (Å²) in [5.41, 5.74) is 0.874. The summed E-state index contributed by atoms with van der Waals surface area (Å²) in [7, 11) is 0. The van der Waals surface area contributed by atoms with E-state index < -0.39 is 17.7 Å². The minimum Gasteiger partial charge on any atom is -0.481 e. The number of carboxylic acids is 1. The number of aliphatic carboxylic acids is 1. The average Bonchev–Trinajstić information content (AvgIpc) is 3.14. The largest absolute Gasteiger partial charge is 0.481 e. The molecule has 2 aromatic rings. The summed E-state index contributed by atoms with van der Waals surface area (Å²) in [6.07, 6.45) is 4.49. The van der Waals surface area contributed by atoms with Crippen molar-refractivity contribution in [3.63, 3.8) is 0 Å². The molecule has 0 spiro atoms. The van der Waals surface area contributed by atoms with E-state index in [1.54, 1.807) is 30.6 Å². The molecule has 3 rings (SSSR count). The number of nitrogens with zero attached hydrogens (tertiary/aromatic N) is 3. The molecule has 1 aliphatic heterocycles. The van der Waals surface area contributed by atoms with Gasteiger partial charge in [0.2, 0.25) is 0 Å². The van der Waals surface area contributed by atoms with Crippen molar-refractivity contribution in [2.24, 2.45) is 5.92 Å². The highest BCUT2D eigenvalue weighted by molar-refractivity contribution is 5.76.